The van der Waals surface area contributed by atoms with Crippen molar-refractivity contribution in [2.45, 2.75) is 0 Å². The summed E-state index contributed by atoms with van der Waals surface area (Å²) in [6.07, 6.45) is 0.730. The third-order valence-corrected chi connectivity index (χ3v) is 3.34. The summed E-state index contributed by atoms with van der Waals surface area (Å²) in [5.74, 6) is -1.03. The summed E-state index contributed by atoms with van der Waals surface area (Å²) in [4.78, 5) is 22.9. The number of aromatic carboxylic acids is 1. The van der Waals surface area contributed by atoms with E-state index >= 15 is 0 Å². The lowest BCUT2D eigenvalue weighted by molar-refractivity contribution is 0.0697. The maximum atomic E-state index is 11.1. The number of hydrogen-bond acceptors (Lipinski definition) is 4. The van der Waals surface area contributed by atoms with Crippen molar-refractivity contribution in [2.24, 2.45) is 0 Å². The molecule has 0 fully saturated rings. The van der Waals surface area contributed by atoms with Crippen molar-refractivity contribution in [1.29, 1.82) is 0 Å². The molecule has 0 atom stereocenters. The van der Waals surface area contributed by atoms with Crippen LogP contribution >= 0.6 is 11.3 Å². The minimum Gasteiger partial charge on any atom is -0.478 e. The summed E-state index contributed by atoms with van der Waals surface area (Å²) < 4.78 is 0. The van der Waals surface area contributed by atoms with Crippen molar-refractivity contribution in [3.05, 3.63) is 40.8 Å². The smallest absolute Gasteiger partial charge is 0.336 e. The number of thiophene rings is 1. The minimum absolute atomic E-state index is 0.143. The van der Waals surface area contributed by atoms with E-state index in [-0.39, 0.29) is 5.56 Å². The molecule has 4 nitrogen and oxygen atoms in total. The largest absolute Gasteiger partial charge is 0.478 e. The van der Waals surface area contributed by atoms with Gasteiger partial charge in [0.2, 0.25) is 0 Å². The lowest BCUT2D eigenvalue weighted by atomic mass is 10.0. The number of anilines is 1. The molecule has 0 bridgehead atoms. The van der Waals surface area contributed by atoms with Crippen molar-refractivity contribution < 1.29 is 14.7 Å². The van der Waals surface area contributed by atoms with Gasteiger partial charge in [0, 0.05) is 16.1 Å². The summed E-state index contributed by atoms with van der Waals surface area (Å²) in [5.41, 5.74) is 6.80. The highest BCUT2D eigenvalue weighted by Gasteiger charge is 2.15. The van der Waals surface area contributed by atoms with E-state index in [1.54, 1.807) is 24.3 Å². The Kier molecular flexibility index (Phi) is 2.93. The molecule has 0 unspecified atom stereocenters. The summed E-state index contributed by atoms with van der Waals surface area (Å²) >= 11 is 1.22. The number of carboxylic acids is 1. The summed E-state index contributed by atoms with van der Waals surface area (Å²) in [5, 5.41) is 9.09. The van der Waals surface area contributed by atoms with E-state index in [4.69, 9.17) is 10.8 Å². The summed E-state index contributed by atoms with van der Waals surface area (Å²) in [6, 6.07) is 8.07. The topological polar surface area (TPSA) is 80.4 Å². The molecule has 17 heavy (non-hydrogen) atoms. The van der Waals surface area contributed by atoms with Crippen LogP contribution in [0, 0.1) is 0 Å². The second-order valence-corrected chi connectivity index (χ2v) is 4.51. The molecule has 0 saturated heterocycles. The van der Waals surface area contributed by atoms with Crippen LogP contribution in [0.3, 0.4) is 0 Å². The molecule has 1 heterocycles. The minimum atomic E-state index is -1.03. The first-order chi connectivity index (χ1) is 8.13. The Balaban J connectivity index is 2.64. The maximum Gasteiger partial charge on any atom is 0.336 e. The van der Waals surface area contributed by atoms with Gasteiger partial charge in [-0.3, -0.25) is 4.79 Å². The molecule has 86 valence electrons. The molecule has 5 heteroatoms. The van der Waals surface area contributed by atoms with Crippen LogP contribution in [-0.4, -0.2) is 17.4 Å². The fraction of sp³-hybridized carbons (Fsp3) is 0. The van der Waals surface area contributed by atoms with Gasteiger partial charge in [0.25, 0.3) is 0 Å². The predicted octanol–water partition coefficient (Wildman–Crippen LogP) is 2.51. The number of aldehydes is 1. The molecule has 0 aliphatic heterocycles. The Morgan fingerprint density at radius 3 is 2.65 bits per heavy atom. The Labute approximate surface area is 101 Å². The van der Waals surface area contributed by atoms with Gasteiger partial charge in [0.15, 0.2) is 6.29 Å². The zero-order valence-electron chi connectivity index (χ0n) is 8.71. The lowest BCUT2D eigenvalue weighted by Crippen LogP contribution is -2.01. The number of carboxylic acid groups (broad SMARTS) is 1. The predicted molar refractivity (Wildman–Crippen MR) is 66.5 cm³/mol. The van der Waals surface area contributed by atoms with Crippen molar-refractivity contribution in [2.75, 3.05) is 5.73 Å². The van der Waals surface area contributed by atoms with E-state index in [0.29, 0.717) is 21.0 Å². The second kappa shape index (κ2) is 4.39. The van der Waals surface area contributed by atoms with Gasteiger partial charge in [0.1, 0.15) is 0 Å². The molecule has 2 aromatic rings. The highest BCUT2D eigenvalue weighted by atomic mass is 32.1. The van der Waals surface area contributed by atoms with Crippen LogP contribution in [0.15, 0.2) is 30.3 Å². The number of carbonyl (C=O) groups is 2. The van der Waals surface area contributed by atoms with Gasteiger partial charge in [-0.05, 0) is 24.3 Å². The van der Waals surface area contributed by atoms with Gasteiger partial charge in [0.05, 0.1) is 10.4 Å². The first-order valence-corrected chi connectivity index (χ1v) is 5.62. The molecule has 3 N–H and O–H groups in total. The second-order valence-electron chi connectivity index (χ2n) is 3.39. The molecule has 1 aromatic heterocycles. The molecule has 0 saturated carbocycles. The summed E-state index contributed by atoms with van der Waals surface area (Å²) in [7, 11) is 0. The molecular formula is C12H9NO3S. The van der Waals surface area contributed by atoms with E-state index < -0.39 is 5.97 Å². The SMILES string of the molecule is Nc1cccc(C(=O)O)c1-c1ccc(C=O)s1. The monoisotopic (exact) mass is 247 g/mol. The number of nitrogens with two attached hydrogens (primary N) is 1. The number of benzene rings is 1. The Morgan fingerprint density at radius 1 is 1.29 bits per heavy atom. The van der Waals surface area contributed by atoms with Crippen LogP contribution in [-0.2, 0) is 0 Å². The number of hydrogen-bond donors (Lipinski definition) is 2. The molecule has 0 amide bonds. The van der Waals surface area contributed by atoms with Crippen molar-refractivity contribution in [3.63, 3.8) is 0 Å². The van der Waals surface area contributed by atoms with Crippen molar-refractivity contribution in [1.82, 2.24) is 0 Å². The Hall–Kier alpha value is -2.14. The van der Waals surface area contributed by atoms with Crippen LogP contribution in [0.1, 0.15) is 20.0 Å². The fourth-order valence-corrected chi connectivity index (χ4v) is 2.48. The van der Waals surface area contributed by atoms with E-state index in [9.17, 15) is 9.59 Å². The van der Waals surface area contributed by atoms with Gasteiger partial charge >= 0.3 is 5.97 Å². The van der Waals surface area contributed by atoms with Crippen molar-refractivity contribution >= 4 is 29.3 Å². The van der Waals surface area contributed by atoms with Crippen LogP contribution in [0.2, 0.25) is 0 Å². The fourth-order valence-electron chi connectivity index (χ4n) is 1.57. The van der Waals surface area contributed by atoms with E-state index in [1.807, 2.05) is 0 Å². The quantitative estimate of drug-likeness (QED) is 0.645. The molecule has 0 radical (unpaired) electrons. The molecule has 0 spiro atoms. The lowest BCUT2D eigenvalue weighted by Gasteiger charge is -2.06. The molecule has 2 rings (SSSR count). The van der Waals surface area contributed by atoms with Crippen LogP contribution in [0.25, 0.3) is 10.4 Å². The highest BCUT2D eigenvalue weighted by molar-refractivity contribution is 7.17. The van der Waals surface area contributed by atoms with Gasteiger partial charge in [-0.1, -0.05) is 6.07 Å². The van der Waals surface area contributed by atoms with Crippen LogP contribution in [0.4, 0.5) is 5.69 Å². The third-order valence-electron chi connectivity index (χ3n) is 2.32. The highest BCUT2D eigenvalue weighted by Crippen LogP contribution is 2.34. The standard InChI is InChI=1S/C12H9NO3S/c13-9-3-1-2-8(12(15)16)11(9)10-5-4-7(6-14)17-10/h1-6H,13H2,(H,15,16). The van der Waals surface area contributed by atoms with E-state index in [2.05, 4.69) is 0 Å². The summed E-state index contributed by atoms with van der Waals surface area (Å²) in [6.45, 7) is 0. The first kappa shape index (κ1) is 11.3. The van der Waals surface area contributed by atoms with Gasteiger partial charge in [-0.2, -0.15) is 0 Å². The van der Waals surface area contributed by atoms with Gasteiger partial charge in [-0.15, -0.1) is 11.3 Å². The van der Waals surface area contributed by atoms with Crippen LogP contribution in [0.5, 0.6) is 0 Å². The van der Waals surface area contributed by atoms with E-state index in [0.717, 1.165) is 6.29 Å². The van der Waals surface area contributed by atoms with Crippen LogP contribution < -0.4 is 5.73 Å². The first-order valence-electron chi connectivity index (χ1n) is 4.80. The van der Waals surface area contributed by atoms with Gasteiger partial charge in [-0.25, -0.2) is 4.79 Å². The molecular weight excluding hydrogens is 238 g/mol. The molecule has 1 aromatic carbocycles. The zero-order chi connectivity index (χ0) is 12.4. The normalized spacial score (nSPS) is 10.1. The maximum absolute atomic E-state index is 11.1. The number of nitrogen functional groups attached to an aromatic ring is 1. The van der Waals surface area contributed by atoms with Gasteiger partial charge < -0.3 is 10.8 Å². The number of rotatable bonds is 3. The zero-order valence-corrected chi connectivity index (χ0v) is 9.53. The third kappa shape index (κ3) is 2.05. The number of carbonyl (C=O) groups excluding carboxylic acids is 1. The van der Waals surface area contributed by atoms with Crippen molar-refractivity contribution in [3.8, 4) is 10.4 Å². The Bertz CT molecular complexity index is 589. The molecule has 0 aliphatic carbocycles. The average Bonchev–Trinajstić information content (AvgIpc) is 2.76. The molecule has 0 aliphatic rings. The Morgan fingerprint density at radius 2 is 2.06 bits per heavy atom. The van der Waals surface area contributed by atoms with E-state index in [1.165, 1.54) is 17.4 Å². The average molecular weight is 247 g/mol.